The Balaban J connectivity index is -0.000000244. The summed E-state index contributed by atoms with van der Waals surface area (Å²) in [6, 6.07) is 0. The molecule has 0 rings (SSSR count). The predicted molar refractivity (Wildman–Crippen MR) is 79.2 cm³/mol. The molecule has 0 saturated heterocycles. The minimum atomic E-state index is 0. The van der Waals surface area contributed by atoms with Crippen LogP contribution in [0.5, 0.6) is 0 Å². The third kappa shape index (κ3) is 17.5. The van der Waals surface area contributed by atoms with E-state index in [9.17, 15) is 0 Å². The lowest BCUT2D eigenvalue weighted by atomic mass is 10.1. The van der Waals surface area contributed by atoms with Gasteiger partial charge in [-0.2, -0.15) is 5.10 Å². The quantitative estimate of drug-likeness (QED) is 0.414. The summed E-state index contributed by atoms with van der Waals surface area (Å²) in [6.45, 7) is 11.8. The van der Waals surface area contributed by atoms with E-state index >= 15 is 0 Å². The van der Waals surface area contributed by atoms with Gasteiger partial charge in [-0.3, -0.25) is 0 Å². The van der Waals surface area contributed by atoms with Crippen LogP contribution in [0, 0.1) is 17.2 Å². The maximum absolute atomic E-state index is 6.95. The molecular weight excluding hydrogens is 238 g/mol. The molecule has 0 heterocycles. The van der Waals surface area contributed by atoms with Gasteiger partial charge in [-0.1, -0.05) is 27.7 Å². The summed E-state index contributed by atoms with van der Waals surface area (Å²) in [4.78, 5) is 0. The molecule has 0 saturated carbocycles. The van der Waals surface area contributed by atoms with Crippen molar-refractivity contribution in [2.75, 3.05) is 0 Å². The largest absolute Gasteiger partial charge is 0.369 e. The number of halogens is 1. The molecule has 0 unspecified atom stereocenters. The van der Waals surface area contributed by atoms with Gasteiger partial charge in [-0.05, 0) is 25.7 Å². The van der Waals surface area contributed by atoms with Crippen molar-refractivity contribution in [3.63, 3.8) is 0 Å². The van der Waals surface area contributed by atoms with E-state index in [0.29, 0.717) is 11.8 Å². The molecule has 5 N–H and O–H groups in total. The molecule has 0 atom stereocenters. The van der Waals surface area contributed by atoms with Crippen LogP contribution in [0.3, 0.4) is 0 Å². The molecule has 0 aliphatic carbocycles. The third-order valence-corrected chi connectivity index (χ3v) is 2.02. The first kappa shape index (κ1) is 21.2. The summed E-state index contributed by atoms with van der Waals surface area (Å²) in [5.41, 5.74) is 11.8. The van der Waals surface area contributed by atoms with Gasteiger partial charge in [0.1, 0.15) is 0 Å². The maximum atomic E-state index is 6.95. The highest BCUT2D eigenvalue weighted by molar-refractivity contribution is 5.85. The monoisotopic (exact) mass is 263 g/mol. The zero-order chi connectivity index (χ0) is 13.3. The number of hydrogen-bond acceptors (Lipinski definition) is 3. The number of hydrogen-bond donors (Lipinski definition) is 3. The van der Waals surface area contributed by atoms with Gasteiger partial charge in [-0.25, -0.2) is 0 Å². The average Bonchev–Trinajstić information content (AvgIpc) is 2.14. The van der Waals surface area contributed by atoms with Crippen molar-refractivity contribution >= 4 is 29.8 Å². The molecule has 0 aromatic carbocycles. The molecule has 0 fully saturated rings. The lowest BCUT2D eigenvalue weighted by molar-refractivity contribution is 0.869. The predicted octanol–water partition coefficient (Wildman–Crippen LogP) is 2.40. The first-order valence-corrected chi connectivity index (χ1v) is 5.36. The smallest absolute Gasteiger partial charge is 0.211 e. The molecule has 0 aromatic rings. The van der Waals surface area contributed by atoms with Crippen molar-refractivity contribution in [2.24, 2.45) is 33.5 Å². The minimum absolute atomic E-state index is 0. The lowest BCUT2D eigenvalue weighted by Crippen LogP contribution is -2.22. The van der Waals surface area contributed by atoms with Gasteiger partial charge in [0.2, 0.25) is 5.96 Å². The van der Waals surface area contributed by atoms with Crippen molar-refractivity contribution < 1.29 is 0 Å². The highest BCUT2D eigenvalue weighted by Crippen LogP contribution is 1.95. The van der Waals surface area contributed by atoms with Crippen LogP contribution >= 0.6 is 12.4 Å². The standard InChI is InChI=1S/C6H14N4.C5H11N.ClH/c1-4(2)5(3)9-10-6(7)8;1-4(2)5(3)6;/h4H,1-3H3,(H4,7,8,10);4,6H,1-3H3;1H/b9-5+;;. The summed E-state index contributed by atoms with van der Waals surface area (Å²) >= 11 is 0. The first-order chi connectivity index (χ1) is 7.18. The second kappa shape index (κ2) is 11.4. The van der Waals surface area contributed by atoms with E-state index in [1.165, 1.54) is 0 Å². The second-order valence-electron chi connectivity index (χ2n) is 4.26. The minimum Gasteiger partial charge on any atom is -0.369 e. The number of nitrogens with one attached hydrogen (secondary N) is 1. The van der Waals surface area contributed by atoms with Crippen molar-refractivity contribution in [3.8, 4) is 0 Å². The zero-order valence-electron chi connectivity index (χ0n) is 11.6. The fourth-order valence-corrected chi connectivity index (χ4v) is 0.252. The van der Waals surface area contributed by atoms with Crippen LogP contribution < -0.4 is 11.5 Å². The second-order valence-corrected chi connectivity index (χ2v) is 4.26. The van der Waals surface area contributed by atoms with E-state index < -0.39 is 0 Å². The Kier molecular flexibility index (Phi) is 14.2. The Morgan fingerprint density at radius 2 is 1.29 bits per heavy atom. The van der Waals surface area contributed by atoms with Gasteiger partial charge in [0, 0.05) is 11.4 Å². The summed E-state index contributed by atoms with van der Waals surface area (Å²) in [5, 5.41) is 14.2. The van der Waals surface area contributed by atoms with Crippen LogP contribution in [0.4, 0.5) is 0 Å². The van der Waals surface area contributed by atoms with Crippen LogP contribution in [-0.4, -0.2) is 17.4 Å². The van der Waals surface area contributed by atoms with Gasteiger partial charge < -0.3 is 16.9 Å². The fraction of sp³-hybridized carbons (Fsp3) is 0.727. The summed E-state index contributed by atoms with van der Waals surface area (Å²) < 4.78 is 0. The van der Waals surface area contributed by atoms with Crippen LogP contribution in [0.25, 0.3) is 0 Å². The molecular formula is C11H26ClN5. The van der Waals surface area contributed by atoms with Crippen LogP contribution in [0.2, 0.25) is 0 Å². The van der Waals surface area contributed by atoms with Crippen molar-refractivity contribution in [2.45, 2.75) is 41.5 Å². The van der Waals surface area contributed by atoms with Gasteiger partial charge in [-0.15, -0.1) is 17.5 Å². The number of nitrogens with zero attached hydrogens (tertiary/aromatic N) is 2. The van der Waals surface area contributed by atoms with E-state index in [1.807, 2.05) is 41.5 Å². The van der Waals surface area contributed by atoms with Crippen molar-refractivity contribution in [1.82, 2.24) is 0 Å². The average molecular weight is 264 g/mol. The highest BCUT2D eigenvalue weighted by atomic mass is 35.5. The SMILES string of the molecule is C/C(=N\N=C(N)N)C(C)C.CC(=N)C(C)C.Cl. The normalized spacial score (nSPS) is 10.2. The Morgan fingerprint density at radius 1 is 0.941 bits per heavy atom. The van der Waals surface area contributed by atoms with Crippen LogP contribution in [-0.2, 0) is 0 Å². The van der Waals surface area contributed by atoms with E-state index in [1.54, 1.807) is 0 Å². The molecule has 0 radical (unpaired) electrons. The van der Waals surface area contributed by atoms with Crippen LogP contribution in [0.15, 0.2) is 10.2 Å². The molecule has 0 bridgehead atoms. The molecule has 102 valence electrons. The summed E-state index contributed by atoms with van der Waals surface area (Å²) in [6.07, 6.45) is 0. The highest BCUT2D eigenvalue weighted by Gasteiger charge is 1.95. The Morgan fingerprint density at radius 3 is 1.47 bits per heavy atom. The number of rotatable bonds is 3. The Bertz CT molecular complexity index is 265. The van der Waals surface area contributed by atoms with E-state index in [4.69, 9.17) is 16.9 Å². The number of nitrogens with two attached hydrogens (primary N) is 2. The van der Waals surface area contributed by atoms with Crippen molar-refractivity contribution in [1.29, 1.82) is 5.41 Å². The molecule has 5 nitrogen and oxygen atoms in total. The van der Waals surface area contributed by atoms with Crippen LogP contribution in [0.1, 0.15) is 41.5 Å². The number of guanidine groups is 1. The first-order valence-electron chi connectivity index (χ1n) is 5.36. The van der Waals surface area contributed by atoms with E-state index in [0.717, 1.165) is 11.4 Å². The van der Waals surface area contributed by atoms with Crippen molar-refractivity contribution in [3.05, 3.63) is 0 Å². The van der Waals surface area contributed by atoms with E-state index in [2.05, 4.69) is 10.2 Å². The molecule has 0 aromatic heterocycles. The van der Waals surface area contributed by atoms with Gasteiger partial charge >= 0.3 is 0 Å². The maximum Gasteiger partial charge on any atom is 0.211 e. The zero-order valence-corrected chi connectivity index (χ0v) is 12.4. The summed E-state index contributed by atoms with van der Waals surface area (Å²) in [5.74, 6) is 0.827. The molecule has 6 heteroatoms. The van der Waals surface area contributed by atoms with E-state index in [-0.39, 0.29) is 18.4 Å². The van der Waals surface area contributed by atoms with Gasteiger partial charge in [0.05, 0.1) is 0 Å². The van der Waals surface area contributed by atoms with Gasteiger partial charge in [0.15, 0.2) is 0 Å². The molecule has 17 heavy (non-hydrogen) atoms. The molecule has 0 amide bonds. The third-order valence-electron chi connectivity index (χ3n) is 2.02. The Labute approximate surface area is 111 Å². The fourth-order valence-electron chi connectivity index (χ4n) is 0.252. The Hall–Kier alpha value is -1.10. The summed E-state index contributed by atoms with van der Waals surface area (Å²) in [7, 11) is 0. The molecule has 0 aliphatic heterocycles. The molecule has 0 aliphatic rings. The topological polar surface area (TPSA) is 101 Å². The van der Waals surface area contributed by atoms with Gasteiger partial charge in [0.25, 0.3) is 0 Å². The lowest BCUT2D eigenvalue weighted by Gasteiger charge is -1.99. The molecule has 0 spiro atoms.